The molecule has 0 fully saturated rings. The normalized spacial score (nSPS) is 11.1. The van der Waals surface area contributed by atoms with Crippen molar-refractivity contribution in [2.75, 3.05) is 0 Å². The molecule has 279 valence electrons. The first-order valence-corrected chi connectivity index (χ1v) is 17.3. The van der Waals surface area contributed by atoms with E-state index in [2.05, 4.69) is 20.5 Å². The van der Waals surface area contributed by atoms with Crippen LogP contribution in [0, 0.1) is 20.2 Å². The van der Waals surface area contributed by atoms with E-state index in [-0.39, 0.29) is 117 Å². The summed E-state index contributed by atoms with van der Waals surface area (Å²) in [5.41, 5.74) is -3.45. The molecule has 0 heterocycles. The summed E-state index contributed by atoms with van der Waals surface area (Å²) in [6.45, 7) is 0. The first-order valence-electron chi connectivity index (χ1n) is 14.5. The number of fused-ring (bicyclic) bond motifs is 2. The van der Waals surface area contributed by atoms with E-state index >= 15 is 0 Å². The summed E-state index contributed by atoms with van der Waals surface area (Å²) in [7, 11) is -10.5. The summed E-state index contributed by atoms with van der Waals surface area (Å²) < 4.78 is 66.9. The molecule has 20 nitrogen and oxygen atoms in total. The van der Waals surface area contributed by atoms with Gasteiger partial charge in [-0.2, -0.15) is 20.5 Å². The fourth-order valence-corrected chi connectivity index (χ4v) is 5.86. The number of nitro benzene ring substituents is 2. The van der Waals surface area contributed by atoms with Crippen LogP contribution in [0.5, 0.6) is 23.0 Å². The van der Waals surface area contributed by atoms with Crippen molar-refractivity contribution in [2.45, 2.75) is 9.79 Å². The van der Waals surface area contributed by atoms with Gasteiger partial charge in [0.25, 0.3) is 11.4 Å². The Hall–Kier alpha value is -3.61. The summed E-state index contributed by atoms with van der Waals surface area (Å²) in [5, 5.41) is 86.8. The molecule has 0 bridgehead atoms. The van der Waals surface area contributed by atoms with E-state index in [1.165, 1.54) is 24.3 Å². The molecule has 0 unspecified atom stereocenters. The zero-order valence-corrected chi connectivity index (χ0v) is 38.8. The monoisotopic (exact) mass is 893 g/mol. The van der Waals surface area contributed by atoms with Crippen LogP contribution in [-0.4, -0.2) is 35.8 Å². The number of benzene rings is 6. The molecule has 0 aliphatic rings. The molecule has 6 rings (SSSR count). The molecule has 6 aromatic rings. The van der Waals surface area contributed by atoms with Crippen molar-refractivity contribution in [2.24, 2.45) is 20.5 Å². The third kappa shape index (κ3) is 12.7. The van der Waals surface area contributed by atoms with Gasteiger partial charge in [0.15, 0.2) is 0 Å². The van der Waals surface area contributed by atoms with Crippen molar-refractivity contribution in [3.8, 4) is 23.0 Å². The molecular weight excluding hydrogens is 877 g/mol. The van der Waals surface area contributed by atoms with E-state index in [4.69, 9.17) is 0 Å². The summed E-state index contributed by atoms with van der Waals surface area (Å²) in [5.74, 6) is -3.72. The minimum atomic E-state index is -5.26. The van der Waals surface area contributed by atoms with Crippen LogP contribution in [0.1, 0.15) is 0 Å². The van der Waals surface area contributed by atoms with Crippen LogP contribution in [0.3, 0.4) is 0 Å². The number of azo groups is 2. The van der Waals surface area contributed by atoms with Gasteiger partial charge >= 0.3 is 106 Å². The standard InChI is InChI=1S/2C16H11N3O7S.Cr.3Na/c2*20-14-6-10-4-2-1-3-9(10)5-12(14)17-18-13-7-11(19(22)23)8-15(16(13)21)27(24,25)26;;;;/h2*1-8,20-21H,(H,24,25,26);;;;/q;;+3;3*+1/p-6. The van der Waals surface area contributed by atoms with Crippen LogP contribution in [0.4, 0.5) is 34.1 Å². The zero-order chi connectivity index (χ0) is 39.5. The van der Waals surface area contributed by atoms with E-state index in [1.807, 2.05) is 0 Å². The molecule has 0 saturated carbocycles. The molecule has 0 atom stereocenters. The predicted octanol–water partition coefficient (Wildman–Crippen LogP) is -4.56. The number of rotatable bonds is 8. The molecular formula is C32H16CrN6Na3O14S2. The average Bonchev–Trinajstić information content (AvgIpc) is 3.09. The average molecular weight is 894 g/mol. The second kappa shape index (κ2) is 21.6. The van der Waals surface area contributed by atoms with Gasteiger partial charge in [0, 0.05) is 24.3 Å². The van der Waals surface area contributed by atoms with Gasteiger partial charge < -0.3 is 29.5 Å². The van der Waals surface area contributed by atoms with E-state index in [9.17, 15) is 66.6 Å². The Morgan fingerprint density at radius 1 is 0.448 bits per heavy atom. The molecule has 0 spiro atoms. The maximum absolute atomic E-state index is 12.1. The Labute approximate surface area is 404 Å². The van der Waals surface area contributed by atoms with Gasteiger partial charge in [-0.05, 0) is 33.7 Å². The summed E-state index contributed by atoms with van der Waals surface area (Å²) in [6, 6.07) is 21.2. The topological polar surface area (TPSA) is 342 Å². The van der Waals surface area contributed by atoms with Gasteiger partial charge in [-0.3, -0.25) is 20.2 Å². The summed E-state index contributed by atoms with van der Waals surface area (Å²) >= 11 is 0. The largest absolute Gasteiger partial charge is 3.00 e. The van der Waals surface area contributed by atoms with Crippen molar-refractivity contribution in [1.29, 1.82) is 0 Å². The Bertz CT molecular complexity index is 2630. The van der Waals surface area contributed by atoms with Crippen LogP contribution in [0.15, 0.2) is 127 Å². The third-order valence-corrected chi connectivity index (χ3v) is 8.87. The molecule has 58 heavy (non-hydrogen) atoms. The van der Waals surface area contributed by atoms with Crippen LogP contribution < -0.4 is 109 Å². The minimum Gasteiger partial charge on any atom is -0.871 e. The number of nitro groups is 2. The summed E-state index contributed by atoms with van der Waals surface area (Å²) in [4.78, 5) is 17.2. The molecule has 0 aliphatic carbocycles. The van der Waals surface area contributed by atoms with E-state index < -0.39 is 85.6 Å². The van der Waals surface area contributed by atoms with Crippen LogP contribution >= 0.6 is 0 Å². The Morgan fingerprint density at radius 3 is 1.00 bits per heavy atom. The predicted molar refractivity (Wildman–Crippen MR) is 176 cm³/mol. The molecule has 0 aromatic heterocycles. The van der Waals surface area contributed by atoms with Gasteiger partial charge in [-0.1, -0.05) is 83.7 Å². The molecule has 26 heteroatoms. The number of hydrogen-bond acceptors (Lipinski definition) is 18. The van der Waals surface area contributed by atoms with Crippen molar-refractivity contribution < 1.29 is 162 Å². The molecule has 6 aromatic carbocycles. The van der Waals surface area contributed by atoms with E-state index in [0.29, 0.717) is 45.8 Å². The first kappa shape index (κ1) is 52.4. The smallest absolute Gasteiger partial charge is 0.871 e. The fraction of sp³-hybridized carbons (Fsp3) is 0. The molecule has 0 amide bonds. The van der Waals surface area contributed by atoms with Crippen molar-refractivity contribution in [3.05, 3.63) is 117 Å². The molecule has 0 N–H and O–H groups in total. The second-order valence-electron chi connectivity index (χ2n) is 10.7. The number of hydrogen-bond donors (Lipinski definition) is 0. The Kier molecular flexibility index (Phi) is 19.5. The van der Waals surface area contributed by atoms with Crippen molar-refractivity contribution in [3.63, 3.8) is 0 Å². The van der Waals surface area contributed by atoms with Crippen LogP contribution in [-0.2, 0) is 37.6 Å². The fourth-order valence-electron chi connectivity index (χ4n) is 4.66. The van der Waals surface area contributed by atoms with Gasteiger partial charge in [-0.15, -0.1) is 0 Å². The maximum Gasteiger partial charge on any atom is 3.00 e. The maximum atomic E-state index is 12.1. The van der Waals surface area contributed by atoms with Crippen molar-refractivity contribution in [1.82, 2.24) is 0 Å². The second-order valence-corrected chi connectivity index (χ2v) is 13.4. The van der Waals surface area contributed by atoms with E-state index in [0.717, 1.165) is 0 Å². The van der Waals surface area contributed by atoms with Gasteiger partial charge in [0.1, 0.15) is 20.2 Å². The first-order chi connectivity index (χ1) is 25.3. The van der Waals surface area contributed by atoms with E-state index in [1.54, 1.807) is 48.5 Å². The Morgan fingerprint density at radius 2 is 0.724 bits per heavy atom. The third-order valence-electron chi connectivity index (χ3n) is 7.19. The minimum absolute atomic E-state index is 0. The van der Waals surface area contributed by atoms with Crippen molar-refractivity contribution >= 4 is 75.9 Å². The van der Waals surface area contributed by atoms with Gasteiger partial charge in [0.05, 0.1) is 42.4 Å². The molecule has 1 radical (unpaired) electrons. The van der Waals surface area contributed by atoms with Gasteiger partial charge in [-0.25, -0.2) is 16.8 Å². The van der Waals surface area contributed by atoms with Gasteiger partial charge in [0.2, 0.25) is 0 Å². The SMILES string of the molecule is O=[N+]([O-])c1cc(N=Nc2cc3ccccc3cc2[O-])c([O-])c(S(=O)(=O)[O-])c1.O=[N+]([O-])c1cc(N=Nc2cc3ccccc3cc2[O-])c([O-])c(S(=O)(=O)[O-])c1.[Cr+3].[Na+].[Na+].[Na+]. The summed E-state index contributed by atoms with van der Waals surface area (Å²) in [6.07, 6.45) is 0. The van der Waals surface area contributed by atoms with Crippen LogP contribution in [0.2, 0.25) is 0 Å². The Balaban J connectivity index is 0.000000543. The quantitative estimate of drug-likeness (QED) is 0.0457. The molecule has 0 aliphatic heterocycles. The van der Waals surface area contributed by atoms with Crippen LogP contribution in [0.25, 0.3) is 21.5 Å². The number of non-ortho nitro benzene ring substituents is 2. The number of nitrogens with zero attached hydrogens (tertiary/aromatic N) is 6. The molecule has 0 saturated heterocycles. The zero-order valence-electron chi connectivity index (χ0n) is 29.9.